The fourth-order valence-electron chi connectivity index (χ4n) is 3.04. The fraction of sp³-hybridized carbons (Fsp3) is 0.143. The zero-order chi connectivity index (χ0) is 18.6. The summed E-state index contributed by atoms with van der Waals surface area (Å²) in [5, 5.41) is 4.80. The number of halogens is 1. The van der Waals surface area contributed by atoms with Gasteiger partial charge in [0, 0.05) is 34.7 Å². The molecule has 1 amide bonds. The molecule has 1 aromatic carbocycles. The maximum atomic E-state index is 14.0. The minimum atomic E-state index is -0.318. The Bertz CT molecular complexity index is 971. The first-order chi connectivity index (χ1) is 13.2. The topological polar surface area (TPSA) is 51.2 Å². The van der Waals surface area contributed by atoms with Crippen molar-refractivity contribution in [2.75, 3.05) is 6.54 Å². The van der Waals surface area contributed by atoms with Crippen LogP contribution in [0.3, 0.4) is 0 Å². The Balaban J connectivity index is 1.43. The van der Waals surface area contributed by atoms with E-state index in [0.29, 0.717) is 30.0 Å². The summed E-state index contributed by atoms with van der Waals surface area (Å²) in [6.45, 7) is 0.353. The van der Waals surface area contributed by atoms with Crippen LogP contribution in [0, 0.1) is 5.82 Å². The summed E-state index contributed by atoms with van der Waals surface area (Å²) >= 11 is 1.57. The second-order valence-corrected chi connectivity index (χ2v) is 7.17. The summed E-state index contributed by atoms with van der Waals surface area (Å²) in [6.07, 6.45) is 5.26. The highest BCUT2D eigenvalue weighted by Crippen LogP contribution is 2.38. The largest absolute Gasteiger partial charge is 0.487 e. The number of carbonyl (C=O) groups excluding carboxylic acids is 1. The molecule has 4 nitrogen and oxygen atoms in total. The normalized spacial score (nSPS) is 15.5. The number of rotatable bonds is 5. The molecule has 27 heavy (non-hydrogen) atoms. The van der Waals surface area contributed by atoms with Crippen molar-refractivity contribution in [1.29, 1.82) is 0 Å². The number of nitrogens with zero attached hydrogens (tertiary/aromatic N) is 1. The third kappa shape index (κ3) is 4.06. The van der Waals surface area contributed by atoms with Gasteiger partial charge in [-0.3, -0.25) is 9.78 Å². The number of hydrogen-bond donors (Lipinski definition) is 1. The summed E-state index contributed by atoms with van der Waals surface area (Å²) in [4.78, 5) is 17.3. The van der Waals surface area contributed by atoms with Gasteiger partial charge < -0.3 is 10.1 Å². The molecule has 136 valence electrons. The SMILES string of the molecule is O=C(/C=C/c1cccs1)NCC1Cc2cc(F)cc(-c3ccccn3)c2O1. The van der Waals surface area contributed by atoms with Gasteiger partial charge in [-0.2, -0.15) is 0 Å². The number of aromatic nitrogens is 1. The van der Waals surface area contributed by atoms with Gasteiger partial charge in [-0.1, -0.05) is 12.1 Å². The van der Waals surface area contributed by atoms with Gasteiger partial charge in [0.15, 0.2) is 0 Å². The Morgan fingerprint density at radius 2 is 2.26 bits per heavy atom. The number of pyridine rings is 1. The summed E-state index contributed by atoms with van der Waals surface area (Å²) in [5.41, 5.74) is 2.10. The number of hydrogen-bond acceptors (Lipinski definition) is 4. The van der Waals surface area contributed by atoms with E-state index in [1.807, 2.05) is 35.7 Å². The molecule has 0 fully saturated rings. The van der Waals surface area contributed by atoms with E-state index in [4.69, 9.17) is 4.74 Å². The van der Waals surface area contributed by atoms with Crippen molar-refractivity contribution in [3.05, 3.63) is 76.4 Å². The summed E-state index contributed by atoms with van der Waals surface area (Å²) in [7, 11) is 0. The molecule has 0 radical (unpaired) electrons. The first kappa shape index (κ1) is 17.4. The molecule has 1 aliphatic rings. The molecule has 0 bridgehead atoms. The Morgan fingerprint density at radius 3 is 3.04 bits per heavy atom. The van der Waals surface area contributed by atoms with Gasteiger partial charge in [-0.05, 0) is 41.8 Å². The highest BCUT2D eigenvalue weighted by Gasteiger charge is 2.27. The number of amides is 1. The molecule has 1 unspecified atom stereocenters. The van der Waals surface area contributed by atoms with Crippen molar-refractivity contribution >= 4 is 23.3 Å². The maximum Gasteiger partial charge on any atom is 0.244 e. The van der Waals surface area contributed by atoms with Crippen LogP contribution in [0.25, 0.3) is 17.3 Å². The minimum Gasteiger partial charge on any atom is -0.487 e. The number of fused-ring (bicyclic) bond motifs is 1. The molecule has 3 aromatic rings. The smallest absolute Gasteiger partial charge is 0.244 e. The van der Waals surface area contributed by atoms with Crippen molar-refractivity contribution in [3.63, 3.8) is 0 Å². The highest BCUT2D eigenvalue weighted by atomic mass is 32.1. The lowest BCUT2D eigenvalue weighted by Crippen LogP contribution is -2.33. The van der Waals surface area contributed by atoms with E-state index in [1.54, 1.807) is 23.6 Å². The molecule has 1 aliphatic heterocycles. The Morgan fingerprint density at radius 1 is 1.33 bits per heavy atom. The molecular formula is C21H17FN2O2S. The predicted molar refractivity (Wildman–Crippen MR) is 104 cm³/mol. The van der Waals surface area contributed by atoms with E-state index >= 15 is 0 Å². The van der Waals surface area contributed by atoms with Crippen LogP contribution in [0.2, 0.25) is 0 Å². The van der Waals surface area contributed by atoms with Crippen LogP contribution >= 0.6 is 11.3 Å². The Hall–Kier alpha value is -2.99. The molecule has 0 saturated carbocycles. The van der Waals surface area contributed by atoms with Crippen molar-refractivity contribution in [1.82, 2.24) is 10.3 Å². The molecule has 0 saturated heterocycles. The van der Waals surface area contributed by atoms with E-state index < -0.39 is 0 Å². The molecule has 4 rings (SSSR count). The van der Waals surface area contributed by atoms with E-state index in [-0.39, 0.29) is 17.8 Å². The number of ether oxygens (including phenoxy) is 1. The molecule has 0 aliphatic carbocycles. The van der Waals surface area contributed by atoms with Crippen molar-refractivity contribution in [3.8, 4) is 17.0 Å². The van der Waals surface area contributed by atoms with Crippen LogP contribution in [0.4, 0.5) is 4.39 Å². The zero-order valence-electron chi connectivity index (χ0n) is 14.4. The van der Waals surface area contributed by atoms with Gasteiger partial charge in [-0.15, -0.1) is 11.3 Å². The highest BCUT2D eigenvalue weighted by molar-refractivity contribution is 7.10. The van der Waals surface area contributed by atoms with Crippen molar-refractivity contribution in [2.24, 2.45) is 0 Å². The molecule has 6 heteroatoms. The molecule has 2 aromatic heterocycles. The monoisotopic (exact) mass is 380 g/mol. The van der Waals surface area contributed by atoms with Crippen LogP contribution in [-0.2, 0) is 11.2 Å². The zero-order valence-corrected chi connectivity index (χ0v) is 15.2. The second kappa shape index (κ2) is 7.72. The molecule has 0 spiro atoms. The third-order valence-corrected chi connectivity index (χ3v) is 5.09. The molecule has 1 atom stereocenters. The van der Waals surface area contributed by atoms with Crippen LogP contribution in [0.5, 0.6) is 5.75 Å². The van der Waals surface area contributed by atoms with E-state index in [2.05, 4.69) is 10.3 Å². The van der Waals surface area contributed by atoms with Crippen molar-refractivity contribution in [2.45, 2.75) is 12.5 Å². The van der Waals surface area contributed by atoms with Gasteiger partial charge >= 0.3 is 0 Å². The van der Waals surface area contributed by atoms with E-state index in [9.17, 15) is 9.18 Å². The summed E-state index contributed by atoms with van der Waals surface area (Å²) in [5.74, 6) is 0.143. The van der Waals surface area contributed by atoms with E-state index in [1.165, 1.54) is 18.2 Å². The Labute approximate surface area is 160 Å². The number of thiophene rings is 1. The van der Waals surface area contributed by atoms with Gasteiger partial charge in [0.2, 0.25) is 5.91 Å². The predicted octanol–water partition coefficient (Wildman–Crippen LogP) is 4.08. The Kier molecular flexibility index (Phi) is 4.98. The lowest BCUT2D eigenvalue weighted by molar-refractivity contribution is -0.116. The van der Waals surface area contributed by atoms with Crippen LogP contribution in [0.15, 0.2) is 60.1 Å². The number of carbonyl (C=O) groups is 1. The summed E-state index contributed by atoms with van der Waals surface area (Å²) < 4.78 is 20.0. The van der Waals surface area contributed by atoms with Crippen LogP contribution in [0.1, 0.15) is 10.4 Å². The third-order valence-electron chi connectivity index (χ3n) is 4.25. The summed E-state index contributed by atoms with van der Waals surface area (Å²) in [6, 6.07) is 12.3. The maximum absolute atomic E-state index is 14.0. The standard InChI is InChI=1S/C21H17FN2O2S/c22-15-10-14-11-16(13-24-20(25)7-6-17-4-3-9-27-17)26-21(14)18(12-15)19-5-1-2-8-23-19/h1-10,12,16H,11,13H2,(H,24,25)/b7-6+. The van der Waals surface area contributed by atoms with Crippen LogP contribution in [-0.4, -0.2) is 23.5 Å². The van der Waals surface area contributed by atoms with Gasteiger partial charge in [-0.25, -0.2) is 4.39 Å². The van der Waals surface area contributed by atoms with E-state index in [0.717, 1.165) is 10.4 Å². The fourth-order valence-corrected chi connectivity index (χ4v) is 3.66. The average molecular weight is 380 g/mol. The first-order valence-corrected chi connectivity index (χ1v) is 9.47. The average Bonchev–Trinajstić information content (AvgIpc) is 3.34. The number of benzene rings is 1. The number of nitrogens with one attached hydrogen (secondary N) is 1. The quantitative estimate of drug-likeness (QED) is 0.679. The molecule has 1 N–H and O–H groups in total. The van der Waals surface area contributed by atoms with Gasteiger partial charge in [0.25, 0.3) is 0 Å². The molecule has 3 heterocycles. The lowest BCUT2D eigenvalue weighted by Gasteiger charge is -2.12. The molecular weight excluding hydrogens is 363 g/mol. The second-order valence-electron chi connectivity index (χ2n) is 6.19. The first-order valence-electron chi connectivity index (χ1n) is 8.59. The van der Waals surface area contributed by atoms with Gasteiger partial charge in [0.1, 0.15) is 17.7 Å². The van der Waals surface area contributed by atoms with Gasteiger partial charge in [0.05, 0.1) is 12.2 Å². The van der Waals surface area contributed by atoms with Crippen molar-refractivity contribution < 1.29 is 13.9 Å². The minimum absolute atomic E-state index is 0.181. The van der Waals surface area contributed by atoms with Crippen LogP contribution < -0.4 is 10.1 Å². The lowest BCUT2D eigenvalue weighted by atomic mass is 10.0.